The fourth-order valence-electron chi connectivity index (χ4n) is 3.29. The minimum absolute atomic E-state index is 0.0215. The van der Waals surface area contributed by atoms with Crippen molar-refractivity contribution in [1.29, 1.82) is 0 Å². The lowest BCUT2D eigenvalue weighted by molar-refractivity contribution is 0.0186. The van der Waals surface area contributed by atoms with Crippen LogP contribution in [0.3, 0.4) is 0 Å². The van der Waals surface area contributed by atoms with Crippen LogP contribution in [-0.2, 0) is 4.74 Å². The largest absolute Gasteiger partial charge is 0.379 e. The molecule has 3 aromatic rings. The third-order valence-electron chi connectivity index (χ3n) is 4.80. The molecule has 2 N–H and O–H groups in total. The maximum Gasteiger partial charge on any atom is 0.259 e. The molecule has 8 nitrogen and oxygen atoms in total. The summed E-state index contributed by atoms with van der Waals surface area (Å²) in [6, 6.07) is 10.1. The highest BCUT2D eigenvalue weighted by Crippen LogP contribution is 2.23. The van der Waals surface area contributed by atoms with Gasteiger partial charge in [0.15, 0.2) is 0 Å². The molecule has 30 heavy (non-hydrogen) atoms. The number of hydrogen-bond acceptors (Lipinski definition) is 8. The summed E-state index contributed by atoms with van der Waals surface area (Å²) in [6.45, 7) is 3.42. The molecule has 1 atom stereocenters. The van der Waals surface area contributed by atoms with E-state index in [0.29, 0.717) is 36.3 Å². The van der Waals surface area contributed by atoms with Crippen molar-refractivity contribution in [2.75, 3.05) is 43.5 Å². The third-order valence-corrected chi connectivity index (χ3v) is 5.41. The van der Waals surface area contributed by atoms with Gasteiger partial charge in [0.25, 0.3) is 5.91 Å². The second-order valence-corrected chi connectivity index (χ2v) is 7.56. The Kier molecular flexibility index (Phi) is 6.57. The van der Waals surface area contributed by atoms with Gasteiger partial charge in [-0.15, -0.1) is 10.2 Å². The van der Waals surface area contributed by atoms with Crippen molar-refractivity contribution in [3.8, 4) is 0 Å². The van der Waals surface area contributed by atoms with Gasteiger partial charge >= 0.3 is 0 Å². The van der Waals surface area contributed by atoms with Gasteiger partial charge in [0.05, 0.1) is 24.8 Å². The average Bonchev–Trinajstić information content (AvgIpc) is 3.28. The number of nitrogens with zero attached hydrogens (tertiary/aromatic N) is 4. The molecule has 1 unspecified atom stereocenters. The molecule has 1 saturated heterocycles. The van der Waals surface area contributed by atoms with Crippen LogP contribution < -0.4 is 10.6 Å². The number of amides is 1. The zero-order chi connectivity index (χ0) is 20.8. The van der Waals surface area contributed by atoms with Crippen LogP contribution in [0.15, 0.2) is 48.1 Å². The van der Waals surface area contributed by atoms with Gasteiger partial charge in [-0.1, -0.05) is 23.5 Å². The summed E-state index contributed by atoms with van der Waals surface area (Å²) in [7, 11) is 0. The van der Waals surface area contributed by atoms with Gasteiger partial charge in [-0.3, -0.25) is 15.0 Å². The number of benzene rings is 1. The lowest BCUT2D eigenvalue weighted by Gasteiger charge is -2.35. The van der Waals surface area contributed by atoms with Crippen molar-refractivity contribution in [2.24, 2.45) is 0 Å². The molecule has 10 heteroatoms. The average molecular weight is 428 g/mol. The number of nitrogens with one attached hydrogen (secondary N) is 2. The minimum Gasteiger partial charge on any atom is -0.379 e. The first kappa shape index (κ1) is 20.3. The van der Waals surface area contributed by atoms with E-state index in [-0.39, 0.29) is 17.8 Å². The fraction of sp³-hybridized carbons (Fsp3) is 0.300. The molecule has 0 spiro atoms. The Hall–Kier alpha value is -2.95. The fourth-order valence-corrected chi connectivity index (χ4v) is 3.73. The van der Waals surface area contributed by atoms with Gasteiger partial charge in [0, 0.05) is 25.8 Å². The quantitative estimate of drug-likeness (QED) is 0.598. The number of pyridine rings is 1. The van der Waals surface area contributed by atoms with E-state index in [1.807, 2.05) is 6.07 Å². The second kappa shape index (κ2) is 9.70. The number of hydrogen-bond donors (Lipinski definition) is 2. The molecule has 156 valence electrons. The summed E-state index contributed by atoms with van der Waals surface area (Å²) in [5.41, 5.74) is 2.87. The number of carbonyl (C=O) groups excluding carboxylic acids is 1. The van der Waals surface area contributed by atoms with Crippen molar-refractivity contribution >= 4 is 28.2 Å². The van der Waals surface area contributed by atoms with Crippen LogP contribution in [0.2, 0.25) is 0 Å². The highest BCUT2D eigenvalue weighted by Gasteiger charge is 2.23. The number of anilines is 2. The summed E-state index contributed by atoms with van der Waals surface area (Å²) in [6.07, 6.45) is 1.50. The predicted molar refractivity (Wildman–Crippen MR) is 112 cm³/mol. The van der Waals surface area contributed by atoms with Crippen LogP contribution >= 0.6 is 11.3 Å². The third kappa shape index (κ3) is 5.15. The van der Waals surface area contributed by atoms with Crippen molar-refractivity contribution in [3.63, 3.8) is 0 Å². The molecule has 1 amide bonds. The molecule has 3 heterocycles. The molecular formula is C20H21FN6O2S. The summed E-state index contributed by atoms with van der Waals surface area (Å²) >= 11 is 1.25. The lowest BCUT2D eigenvalue weighted by Crippen LogP contribution is -2.41. The smallest absolute Gasteiger partial charge is 0.259 e. The molecule has 0 radical (unpaired) electrons. The van der Waals surface area contributed by atoms with Crippen LogP contribution in [0.4, 0.5) is 15.3 Å². The van der Waals surface area contributed by atoms with Gasteiger partial charge in [-0.05, 0) is 29.8 Å². The molecule has 1 aromatic carbocycles. The monoisotopic (exact) mass is 428 g/mol. The Bertz CT molecular complexity index is 964. The zero-order valence-corrected chi connectivity index (χ0v) is 16.9. The SMILES string of the molecule is O=C(Nc1nncs1)c1ccc(NCC(c2cccc(F)c2)N2CCOCC2)nc1. The predicted octanol–water partition coefficient (Wildman–Crippen LogP) is 2.81. The Morgan fingerprint density at radius 1 is 1.27 bits per heavy atom. The Morgan fingerprint density at radius 3 is 2.83 bits per heavy atom. The topological polar surface area (TPSA) is 92.3 Å². The van der Waals surface area contributed by atoms with Crippen LogP contribution in [0.1, 0.15) is 22.0 Å². The second-order valence-electron chi connectivity index (χ2n) is 6.73. The van der Waals surface area contributed by atoms with Gasteiger partial charge in [-0.2, -0.15) is 0 Å². The van der Waals surface area contributed by atoms with Gasteiger partial charge in [0.2, 0.25) is 5.13 Å². The molecule has 0 aliphatic carbocycles. The Labute approximate surface area is 177 Å². The zero-order valence-electron chi connectivity index (χ0n) is 16.1. The van der Waals surface area contributed by atoms with Crippen molar-refractivity contribution in [2.45, 2.75) is 6.04 Å². The van der Waals surface area contributed by atoms with Crippen molar-refractivity contribution in [3.05, 3.63) is 65.0 Å². The molecule has 1 aliphatic heterocycles. The molecule has 0 saturated carbocycles. The van der Waals surface area contributed by atoms with Crippen molar-refractivity contribution < 1.29 is 13.9 Å². The Morgan fingerprint density at radius 2 is 2.13 bits per heavy atom. The van der Waals surface area contributed by atoms with Crippen LogP contribution in [0.5, 0.6) is 0 Å². The van der Waals surface area contributed by atoms with E-state index in [9.17, 15) is 9.18 Å². The molecular weight excluding hydrogens is 407 g/mol. The molecule has 1 aliphatic rings. The molecule has 1 fully saturated rings. The number of aromatic nitrogens is 3. The minimum atomic E-state index is -0.295. The Balaban J connectivity index is 1.42. The van der Waals surface area contributed by atoms with E-state index in [1.165, 1.54) is 23.6 Å². The standard InChI is InChI=1S/C20H21FN6O2S/c21-16-3-1-2-14(10-16)17(27-6-8-29-9-7-27)12-23-18-5-4-15(11-22-18)19(28)25-20-26-24-13-30-20/h1-5,10-11,13,17H,6-9,12H2,(H,22,23)(H,25,26,28). The highest BCUT2D eigenvalue weighted by molar-refractivity contribution is 7.13. The maximum absolute atomic E-state index is 13.8. The van der Waals surface area contributed by atoms with Gasteiger partial charge < -0.3 is 10.1 Å². The highest BCUT2D eigenvalue weighted by atomic mass is 32.1. The van der Waals surface area contributed by atoms with E-state index >= 15 is 0 Å². The normalized spacial score (nSPS) is 15.5. The number of morpholine rings is 1. The van der Waals surface area contributed by atoms with Crippen LogP contribution in [0.25, 0.3) is 0 Å². The van der Waals surface area contributed by atoms with E-state index in [4.69, 9.17) is 4.74 Å². The summed E-state index contributed by atoms with van der Waals surface area (Å²) in [5.74, 6) is 0.0866. The first-order valence-electron chi connectivity index (χ1n) is 9.54. The van der Waals surface area contributed by atoms with Gasteiger partial charge in [-0.25, -0.2) is 9.37 Å². The lowest BCUT2D eigenvalue weighted by atomic mass is 10.0. The maximum atomic E-state index is 13.8. The van der Waals surface area contributed by atoms with E-state index in [1.54, 1.807) is 29.8 Å². The summed E-state index contributed by atoms with van der Waals surface area (Å²) in [4.78, 5) is 18.8. The van der Waals surface area contributed by atoms with Crippen LogP contribution in [0, 0.1) is 5.82 Å². The molecule has 2 aromatic heterocycles. The first-order valence-corrected chi connectivity index (χ1v) is 10.4. The molecule has 0 bridgehead atoms. The number of halogens is 1. The van der Waals surface area contributed by atoms with E-state index < -0.39 is 0 Å². The van der Waals surface area contributed by atoms with E-state index in [0.717, 1.165) is 18.7 Å². The van der Waals surface area contributed by atoms with E-state index in [2.05, 4.69) is 30.7 Å². The van der Waals surface area contributed by atoms with Gasteiger partial charge in [0.1, 0.15) is 17.1 Å². The number of carbonyl (C=O) groups is 1. The van der Waals surface area contributed by atoms with Crippen molar-refractivity contribution in [1.82, 2.24) is 20.1 Å². The number of ether oxygens (including phenoxy) is 1. The first-order chi connectivity index (χ1) is 14.7. The summed E-state index contributed by atoms with van der Waals surface area (Å²) < 4.78 is 19.2. The number of rotatable bonds is 7. The van der Waals surface area contributed by atoms with Crippen LogP contribution in [-0.4, -0.2) is 58.8 Å². The molecule has 4 rings (SSSR count). The summed E-state index contributed by atoms with van der Waals surface area (Å²) in [5, 5.41) is 13.9.